The number of fused-ring (bicyclic) bond motifs is 12. The van der Waals surface area contributed by atoms with E-state index in [4.69, 9.17) is 26.6 Å². The maximum Gasteiger partial charge on any atom is 0.501 e. The van der Waals surface area contributed by atoms with Gasteiger partial charge in [0.05, 0.1) is 65.1 Å². The van der Waals surface area contributed by atoms with Gasteiger partial charge in [0.25, 0.3) is 0 Å². The number of rotatable bonds is 13. The van der Waals surface area contributed by atoms with Gasteiger partial charge < -0.3 is 31.5 Å². The lowest BCUT2D eigenvalue weighted by Gasteiger charge is -2.38. The van der Waals surface area contributed by atoms with Crippen LogP contribution in [0.4, 0.5) is 10.1 Å². The molecule has 0 spiro atoms. The molecule has 0 unspecified atom stereocenters. The Morgan fingerprint density at radius 1 is 0.604 bits per heavy atom. The number of aryl methyl sites for hydroxylation is 2. The number of anilines is 1. The van der Waals surface area contributed by atoms with Crippen molar-refractivity contribution in [2.45, 2.75) is 51.1 Å². The summed E-state index contributed by atoms with van der Waals surface area (Å²) in [6.45, 7) is 11.7. The molecule has 2 aromatic heterocycles. The van der Waals surface area contributed by atoms with Crippen LogP contribution in [0.15, 0.2) is 36.7 Å². The Bertz CT molecular complexity index is 1310. The first kappa shape index (κ1) is 33.8. The highest BCUT2D eigenvalue weighted by Crippen LogP contribution is 2.24. The number of halogens is 1. The fraction of sp³-hybridized carbons (Fsp3) is 0.667. The molecule has 262 valence electrons. The molecule has 0 atom stereocenters. The maximum atomic E-state index is 13.8. The van der Waals surface area contributed by atoms with Crippen LogP contribution in [0.25, 0.3) is 0 Å². The molecule has 3 aromatic rings. The molecule has 6 aliphatic heterocycles. The third-order valence-corrected chi connectivity index (χ3v) is 15.0. The van der Waals surface area contributed by atoms with Gasteiger partial charge in [-0.1, -0.05) is 10.4 Å². The van der Waals surface area contributed by atoms with E-state index in [9.17, 15) is 4.39 Å². The number of benzene rings is 1. The van der Waals surface area contributed by atoms with Crippen molar-refractivity contribution in [1.29, 1.82) is 0 Å². The van der Waals surface area contributed by atoms with Crippen molar-refractivity contribution in [2.24, 2.45) is 0 Å². The molecule has 6 fully saturated rings. The zero-order valence-corrected chi connectivity index (χ0v) is 29.5. The minimum absolute atomic E-state index is 0.285. The van der Waals surface area contributed by atoms with E-state index in [0.717, 1.165) is 81.3 Å². The minimum Gasteiger partial charge on any atom is -0.372 e. The molecule has 6 saturated heterocycles. The van der Waals surface area contributed by atoms with Crippen LogP contribution in [-0.2, 0) is 52.7 Å². The van der Waals surface area contributed by atoms with Crippen molar-refractivity contribution in [1.82, 2.24) is 39.8 Å². The van der Waals surface area contributed by atoms with Crippen LogP contribution in [0.3, 0.4) is 0 Å². The van der Waals surface area contributed by atoms with Crippen molar-refractivity contribution in [3.8, 4) is 0 Å². The SMILES string of the molecule is Fc1ccc(N(Cc2cn(CCC[Si]34OCCN(CCO3)CCO4)nn2)Cc2cn(CCC[Si]34OCCN(CCO3)CCO4)nn2)cc1. The number of aromatic nitrogens is 6. The van der Waals surface area contributed by atoms with E-state index in [2.05, 4.69) is 35.3 Å². The summed E-state index contributed by atoms with van der Waals surface area (Å²) in [6, 6.07) is 7.95. The van der Waals surface area contributed by atoms with E-state index in [1.165, 1.54) is 12.1 Å². The molecule has 18 heteroatoms. The van der Waals surface area contributed by atoms with Gasteiger partial charge >= 0.3 is 17.6 Å². The first-order valence-corrected chi connectivity index (χ1v) is 21.0. The largest absolute Gasteiger partial charge is 0.501 e. The molecule has 1 aromatic carbocycles. The second-order valence-electron chi connectivity index (χ2n) is 12.6. The summed E-state index contributed by atoms with van der Waals surface area (Å²) >= 11 is 0. The van der Waals surface area contributed by atoms with Crippen molar-refractivity contribution in [2.75, 3.05) is 83.8 Å². The Balaban J connectivity index is 0.940. The molecule has 0 amide bonds. The average Bonchev–Trinajstić information content (AvgIpc) is 3.67. The second-order valence-corrected chi connectivity index (χ2v) is 18.1. The lowest BCUT2D eigenvalue weighted by Crippen LogP contribution is -2.55. The van der Waals surface area contributed by atoms with Gasteiger partial charge in [0.2, 0.25) is 0 Å². The fourth-order valence-electron chi connectivity index (χ4n) is 6.57. The van der Waals surface area contributed by atoms with Gasteiger partial charge in [0.15, 0.2) is 0 Å². The van der Waals surface area contributed by atoms with Crippen LogP contribution >= 0.6 is 0 Å². The van der Waals surface area contributed by atoms with Gasteiger partial charge in [-0.3, -0.25) is 19.2 Å². The summed E-state index contributed by atoms with van der Waals surface area (Å²) in [5, 5.41) is 17.7. The van der Waals surface area contributed by atoms with Crippen molar-refractivity contribution in [3.63, 3.8) is 0 Å². The van der Waals surface area contributed by atoms with E-state index in [1.807, 2.05) is 21.8 Å². The fourth-order valence-corrected chi connectivity index (χ4v) is 11.5. The summed E-state index contributed by atoms with van der Waals surface area (Å²) in [5.74, 6) is -0.285. The summed E-state index contributed by atoms with van der Waals surface area (Å²) in [4.78, 5) is 6.73. The second kappa shape index (κ2) is 15.9. The van der Waals surface area contributed by atoms with E-state index >= 15 is 0 Å². The van der Waals surface area contributed by atoms with Crippen LogP contribution in [0, 0.1) is 5.82 Å². The molecule has 15 nitrogen and oxygen atoms in total. The standard InChI is InChI=1S/C30H46FN9O6Si2/c31-27-3-5-30(6-4-27)38(23-28-25-39(34-32-28)7-1-21-47-41-15-9-36(10-16-42-47)11-17-43-47)24-29-26-40(35-33-29)8-2-22-48-44-18-12-37(13-19-45-48)14-20-46-48/h3-6,25-26H,1-2,7-24H2. The third-order valence-electron chi connectivity index (χ3n) is 9.19. The van der Waals surface area contributed by atoms with Crippen LogP contribution in [0.2, 0.25) is 12.1 Å². The monoisotopic (exact) mass is 703 g/mol. The summed E-state index contributed by atoms with van der Waals surface area (Å²) in [7, 11) is -5.36. The highest BCUT2D eigenvalue weighted by atomic mass is 28.4. The summed E-state index contributed by atoms with van der Waals surface area (Å²) in [6.07, 6.45) is 5.55. The lowest BCUT2D eigenvalue weighted by atomic mass is 10.2. The minimum atomic E-state index is -2.68. The Morgan fingerprint density at radius 3 is 1.40 bits per heavy atom. The predicted molar refractivity (Wildman–Crippen MR) is 175 cm³/mol. The molecule has 0 radical (unpaired) electrons. The normalized spacial score (nSPS) is 27.9. The molecule has 0 N–H and O–H groups in total. The molecule has 6 aliphatic rings. The summed E-state index contributed by atoms with van der Waals surface area (Å²) in [5.41, 5.74) is 2.45. The van der Waals surface area contributed by atoms with Crippen molar-refractivity contribution >= 4 is 23.3 Å². The number of nitrogens with zero attached hydrogens (tertiary/aromatic N) is 9. The highest BCUT2D eigenvalue weighted by molar-refractivity contribution is 6.61. The van der Waals surface area contributed by atoms with Gasteiger partial charge in [-0.25, -0.2) is 4.39 Å². The van der Waals surface area contributed by atoms with Crippen LogP contribution < -0.4 is 4.90 Å². The molecule has 0 aliphatic carbocycles. The third kappa shape index (κ3) is 8.92. The maximum absolute atomic E-state index is 13.8. The zero-order chi connectivity index (χ0) is 32.7. The topological polar surface area (TPSA) is 127 Å². The van der Waals surface area contributed by atoms with E-state index in [-0.39, 0.29) is 5.82 Å². The quantitative estimate of drug-likeness (QED) is 0.240. The first-order valence-electron chi connectivity index (χ1n) is 17.1. The number of hydrogen-bond donors (Lipinski definition) is 0. The molecular weight excluding hydrogens is 658 g/mol. The van der Waals surface area contributed by atoms with Gasteiger partial charge in [0, 0.05) is 70.1 Å². The Labute approximate surface area is 282 Å². The Hall–Kier alpha value is -2.66. The number of hydrogen-bond acceptors (Lipinski definition) is 13. The average molecular weight is 704 g/mol. The molecule has 8 heterocycles. The Morgan fingerprint density at radius 2 is 1.00 bits per heavy atom. The van der Waals surface area contributed by atoms with Gasteiger partial charge in [0.1, 0.15) is 17.2 Å². The van der Waals surface area contributed by atoms with E-state index in [0.29, 0.717) is 65.8 Å². The van der Waals surface area contributed by atoms with Gasteiger partial charge in [-0.15, -0.1) is 10.2 Å². The van der Waals surface area contributed by atoms with Crippen LogP contribution in [0.5, 0.6) is 0 Å². The predicted octanol–water partition coefficient (Wildman–Crippen LogP) is 1.63. The smallest absolute Gasteiger partial charge is 0.372 e. The van der Waals surface area contributed by atoms with Crippen molar-refractivity contribution < 1.29 is 30.9 Å². The Kier molecular flexibility index (Phi) is 11.2. The zero-order valence-electron chi connectivity index (χ0n) is 27.5. The molecule has 4 bridgehead atoms. The van der Waals surface area contributed by atoms with Gasteiger partial charge in [-0.05, 0) is 37.1 Å². The molecule has 9 rings (SSSR count). The molecule has 48 heavy (non-hydrogen) atoms. The van der Waals surface area contributed by atoms with E-state index in [1.54, 1.807) is 12.1 Å². The highest BCUT2D eigenvalue weighted by Gasteiger charge is 2.44. The van der Waals surface area contributed by atoms with Crippen LogP contribution in [0.1, 0.15) is 24.2 Å². The summed E-state index contributed by atoms with van der Waals surface area (Å²) < 4.78 is 54.6. The van der Waals surface area contributed by atoms with Crippen molar-refractivity contribution in [3.05, 3.63) is 53.9 Å². The van der Waals surface area contributed by atoms with Crippen LogP contribution in [-0.4, -0.2) is 136 Å². The molecular formula is C30H46FN9O6Si2. The molecule has 0 saturated carbocycles. The lowest BCUT2D eigenvalue weighted by molar-refractivity contribution is -0.00919. The van der Waals surface area contributed by atoms with E-state index < -0.39 is 17.6 Å². The van der Waals surface area contributed by atoms with Gasteiger partial charge in [-0.2, -0.15) is 0 Å². The first-order chi connectivity index (χ1) is 23.5.